The number of aryl methyl sites for hydroxylation is 1. The smallest absolute Gasteiger partial charge is 0.0416 e. The lowest BCUT2D eigenvalue weighted by Crippen LogP contribution is -2.10. The number of anilines is 1. The Morgan fingerprint density at radius 1 is 1.00 bits per heavy atom. The summed E-state index contributed by atoms with van der Waals surface area (Å²) in [7, 11) is 4.16. The van der Waals surface area contributed by atoms with E-state index < -0.39 is 0 Å². The van der Waals surface area contributed by atoms with Gasteiger partial charge in [-0.05, 0) is 50.3 Å². The van der Waals surface area contributed by atoms with Gasteiger partial charge >= 0.3 is 0 Å². The molecule has 0 aliphatic heterocycles. The summed E-state index contributed by atoms with van der Waals surface area (Å²) < 4.78 is 0. The number of nitrogens with zero attached hydrogens (tertiary/aromatic N) is 2. The van der Waals surface area contributed by atoms with Crippen molar-refractivity contribution < 1.29 is 0 Å². The molecule has 1 heterocycles. The summed E-state index contributed by atoms with van der Waals surface area (Å²) in [4.78, 5) is 6.46. The second-order valence-corrected chi connectivity index (χ2v) is 5.10. The van der Waals surface area contributed by atoms with E-state index in [1.54, 1.807) is 0 Å². The number of rotatable bonds is 5. The van der Waals surface area contributed by atoms with E-state index in [2.05, 4.69) is 59.6 Å². The highest BCUT2D eigenvalue weighted by molar-refractivity contribution is 5.45. The van der Waals surface area contributed by atoms with E-state index in [0.29, 0.717) is 0 Å². The molecular weight excluding hydrogens is 234 g/mol. The van der Waals surface area contributed by atoms with Crippen LogP contribution in [0, 0.1) is 6.92 Å². The molecule has 0 atom stereocenters. The summed E-state index contributed by atoms with van der Waals surface area (Å²) in [5.41, 5.74) is 4.72. The molecule has 2 aromatic rings. The van der Waals surface area contributed by atoms with E-state index in [1.807, 2.05) is 19.2 Å². The predicted molar refractivity (Wildman–Crippen MR) is 80.1 cm³/mol. The Balaban J connectivity index is 1.91. The maximum Gasteiger partial charge on any atom is 0.0416 e. The largest absolute Gasteiger partial charge is 0.381 e. The molecular formula is C16H21N3. The lowest BCUT2D eigenvalue weighted by molar-refractivity contribution is 0.402. The van der Waals surface area contributed by atoms with E-state index in [9.17, 15) is 0 Å². The fourth-order valence-corrected chi connectivity index (χ4v) is 1.90. The fourth-order valence-electron chi connectivity index (χ4n) is 1.90. The highest BCUT2D eigenvalue weighted by atomic mass is 15.0. The molecule has 1 aromatic heterocycles. The van der Waals surface area contributed by atoms with Gasteiger partial charge in [0.25, 0.3) is 0 Å². The molecule has 3 nitrogen and oxygen atoms in total. The van der Waals surface area contributed by atoms with Gasteiger partial charge in [0, 0.05) is 30.7 Å². The average Bonchev–Trinajstić information content (AvgIpc) is 2.39. The molecule has 1 N–H and O–H groups in total. The van der Waals surface area contributed by atoms with Gasteiger partial charge in [-0.3, -0.25) is 4.98 Å². The Hall–Kier alpha value is -1.87. The van der Waals surface area contributed by atoms with Crippen molar-refractivity contribution in [1.29, 1.82) is 0 Å². The molecule has 0 amide bonds. The van der Waals surface area contributed by atoms with E-state index in [-0.39, 0.29) is 0 Å². The molecule has 0 aliphatic carbocycles. The lowest BCUT2D eigenvalue weighted by atomic mass is 10.2. The summed E-state index contributed by atoms with van der Waals surface area (Å²) in [5, 5.41) is 3.41. The molecule has 0 spiro atoms. The number of hydrogen-bond acceptors (Lipinski definition) is 3. The van der Waals surface area contributed by atoms with Crippen molar-refractivity contribution in [2.75, 3.05) is 19.4 Å². The van der Waals surface area contributed by atoms with E-state index in [0.717, 1.165) is 24.5 Å². The number of hydrogen-bond donors (Lipinski definition) is 1. The van der Waals surface area contributed by atoms with Gasteiger partial charge in [0.2, 0.25) is 0 Å². The molecule has 0 saturated heterocycles. The van der Waals surface area contributed by atoms with Gasteiger partial charge < -0.3 is 10.2 Å². The summed E-state index contributed by atoms with van der Waals surface area (Å²) in [6, 6.07) is 12.7. The number of nitrogens with one attached hydrogen (secondary N) is 1. The Bertz CT molecular complexity index is 501. The Morgan fingerprint density at radius 2 is 1.68 bits per heavy atom. The zero-order valence-electron chi connectivity index (χ0n) is 11.9. The number of benzene rings is 1. The summed E-state index contributed by atoms with van der Waals surface area (Å²) in [5.74, 6) is 0. The van der Waals surface area contributed by atoms with Gasteiger partial charge in [0.15, 0.2) is 0 Å². The van der Waals surface area contributed by atoms with Gasteiger partial charge in [-0.2, -0.15) is 0 Å². The zero-order chi connectivity index (χ0) is 13.7. The molecule has 0 radical (unpaired) electrons. The monoisotopic (exact) mass is 255 g/mol. The molecule has 19 heavy (non-hydrogen) atoms. The first-order chi connectivity index (χ1) is 9.13. The summed E-state index contributed by atoms with van der Waals surface area (Å²) in [6.45, 7) is 3.78. The predicted octanol–water partition coefficient (Wildman–Crippen LogP) is 3.06. The minimum absolute atomic E-state index is 0.806. The van der Waals surface area contributed by atoms with Crippen LogP contribution in [-0.4, -0.2) is 24.0 Å². The third-order valence-electron chi connectivity index (χ3n) is 2.92. The van der Waals surface area contributed by atoms with Crippen LogP contribution in [0.4, 0.5) is 5.69 Å². The highest BCUT2D eigenvalue weighted by Crippen LogP contribution is 2.12. The molecule has 0 fully saturated rings. The molecule has 0 bridgehead atoms. The van der Waals surface area contributed by atoms with Gasteiger partial charge in [-0.1, -0.05) is 18.2 Å². The van der Waals surface area contributed by atoms with Crippen molar-refractivity contribution in [3.63, 3.8) is 0 Å². The van der Waals surface area contributed by atoms with Crippen molar-refractivity contribution in [2.24, 2.45) is 0 Å². The SMILES string of the molecule is Cc1ccc(CNc2ccc(CN(C)C)cc2)cn1. The molecule has 3 heteroatoms. The van der Waals surface area contributed by atoms with Crippen LogP contribution in [-0.2, 0) is 13.1 Å². The molecule has 0 saturated carbocycles. The first-order valence-electron chi connectivity index (χ1n) is 6.52. The van der Waals surface area contributed by atoms with Gasteiger partial charge in [0.1, 0.15) is 0 Å². The highest BCUT2D eigenvalue weighted by Gasteiger charge is 1.97. The summed E-state index contributed by atoms with van der Waals surface area (Å²) in [6.07, 6.45) is 1.92. The van der Waals surface area contributed by atoms with Crippen molar-refractivity contribution in [3.8, 4) is 0 Å². The average molecular weight is 255 g/mol. The van der Waals surface area contributed by atoms with Crippen LogP contribution in [0.5, 0.6) is 0 Å². The maximum absolute atomic E-state index is 4.29. The number of aromatic nitrogens is 1. The van der Waals surface area contributed by atoms with E-state index in [1.165, 1.54) is 11.1 Å². The molecule has 0 unspecified atom stereocenters. The minimum atomic E-state index is 0.806. The van der Waals surface area contributed by atoms with Crippen LogP contribution >= 0.6 is 0 Å². The van der Waals surface area contributed by atoms with Crippen LogP contribution in [0.25, 0.3) is 0 Å². The summed E-state index contributed by atoms with van der Waals surface area (Å²) >= 11 is 0. The second kappa shape index (κ2) is 6.34. The van der Waals surface area contributed by atoms with Gasteiger partial charge in [-0.15, -0.1) is 0 Å². The third-order valence-corrected chi connectivity index (χ3v) is 2.92. The first-order valence-corrected chi connectivity index (χ1v) is 6.52. The van der Waals surface area contributed by atoms with Crippen LogP contribution in [0.3, 0.4) is 0 Å². The van der Waals surface area contributed by atoms with Crippen molar-refractivity contribution in [1.82, 2.24) is 9.88 Å². The molecule has 0 aliphatic rings. The zero-order valence-corrected chi connectivity index (χ0v) is 11.9. The van der Waals surface area contributed by atoms with Crippen LogP contribution in [0.2, 0.25) is 0 Å². The fraction of sp³-hybridized carbons (Fsp3) is 0.312. The minimum Gasteiger partial charge on any atom is -0.381 e. The van der Waals surface area contributed by atoms with E-state index in [4.69, 9.17) is 0 Å². The topological polar surface area (TPSA) is 28.2 Å². The van der Waals surface area contributed by atoms with Crippen molar-refractivity contribution in [3.05, 3.63) is 59.4 Å². The molecule has 100 valence electrons. The van der Waals surface area contributed by atoms with Crippen molar-refractivity contribution in [2.45, 2.75) is 20.0 Å². The second-order valence-electron chi connectivity index (χ2n) is 5.10. The first kappa shape index (κ1) is 13.6. The normalized spacial score (nSPS) is 10.7. The van der Waals surface area contributed by atoms with Crippen molar-refractivity contribution >= 4 is 5.69 Å². The van der Waals surface area contributed by atoms with Crippen LogP contribution in [0.15, 0.2) is 42.6 Å². The Morgan fingerprint density at radius 3 is 2.26 bits per heavy atom. The third kappa shape index (κ3) is 4.38. The standard InChI is InChI=1S/C16H21N3/c1-13-4-5-15(10-17-13)11-18-16-8-6-14(7-9-16)12-19(2)3/h4-10,18H,11-12H2,1-3H3. The van der Waals surface area contributed by atoms with Gasteiger partial charge in [0.05, 0.1) is 0 Å². The van der Waals surface area contributed by atoms with E-state index >= 15 is 0 Å². The number of pyridine rings is 1. The lowest BCUT2D eigenvalue weighted by Gasteiger charge is -2.11. The van der Waals surface area contributed by atoms with Gasteiger partial charge in [-0.25, -0.2) is 0 Å². The maximum atomic E-state index is 4.29. The Kier molecular flexibility index (Phi) is 4.53. The molecule has 1 aromatic carbocycles. The van der Waals surface area contributed by atoms with Crippen LogP contribution < -0.4 is 5.32 Å². The Labute approximate surface area is 115 Å². The van der Waals surface area contributed by atoms with Crippen LogP contribution in [0.1, 0.15) is 16.8 Å². The molecule has 2 rings (SSSR count). The quantitative estimate of drug-likeness (QED) is 0.890.